The average molecular weight is 218 g/mol. The van der Waals surface area contributed by atoms with Crippen LogP contribution in [0.3, 0.4) is 0 Å². The van der Waals surface area contributed by atoms with Crippen LogP contribution in [0.5, 0.6) is 5.75 Å². The third-order valence-electron chi connectivity index (χ3n) is 2.13. The maximum atomic E-state index is 12.6. The second-order valence-corrected chi connectivity index (χ2v) is 4.39. The summed E-state index contributed by atoms with van der Waals surface area (Å²) in [6, 6.07) is 0. The smallest absolute Gasteiger partial charge is 0.285 e. The van der Waals surface area contributed by atoms with Gasteiger partial charge in [-0.2, -0.15) is 5.10 Å². The third-order valence-corrected chi connectivity index (χ3v) is 2.13. The number of rotatable bonds is 2. The van der Waals surface area contributed by atoms with Crippen LogP contribution in [0.4, 0.5) is 8.78 Å². The second kappa shape index (κ2) is 3.79. The Bertz CT molecular complexity index is 353. The van der Waals surface area contributed by atoms with Crippen LogP contribution in [0.1, 0.15) is 38.6 Å². The molecule has 0 unspecified atom stereocenters. The van der Waals surface area contributed by atoms with Crippen molar-refractivity contribution in [3.63, 3.8) is 0 Å². The number of halogens is 2. The zero-order valence-electron chi connectivity index (χ0n) is 9.64. The molecule has 0 N–H and O–H groups in total. The fourth-order valence-corrected chi connectivity index (χ4v) is 1.56. The largest absolute Gasteiger partial charge is 0.493 e. The number of methoxy groups -OCH3 is 1. The summed E-state index contributed by atoms with van der Waals surface area (Å²) in [6.07, 6.45) is -2.61. The molecule has 0 saturated carbocycles. The standard InChI is InChI=1S/C10H16F2N2O/c1-6-8(15-5)7(9(11)12)13-14(6)10(2,3)4/h9H,1-5H3. The van der Waals surface area contributed by atoms with Crippen molar-refractivity contribution in [3.05, 3.63) is 11.4 Å². The molecule has 0 bridgehead atoms. The van der Waals surface area contributed by atoms with Gasteiger partial charge in [-0.15, -0.1) is 0 Å². The maximum Gasteiger partial charge on any atom is 0.285 e. The van der Waals surface area contributed by atoms with Gasteiger partial charge in [0.15, 0.2) is 11.4 Å². The van der Waals surface area contributed by atoms with Crippen molar-refractivity contribution in [2.45, 2.75) is 39.7 Å². The van der Waals surface area contributed by atoms with Crippen LogP contribution in [0.2, 0.25) is 0 Å². The predicted octanol–water partition coefficient (Wildman–Crippen LogP) is 2.89. The van der Waals surface area contributed by atoms with E-state index in [2.05, 4.69) is 5.10 Å². The molecular formula is C10H16F2N2O. The summed E-state index contributed by atoms with van der Waals surface area (Å²) in [5.74, 6) is 0.180. The molecule has 15 heavy (non-hydrogen) atoms. The fraction of sp³-hybridized carbons (Fsp3) is 0.700. The number of hydrogen-bond donors (Lipinski definition) is 0. The minimum absolute atomic E-state index is 0.180. The van der Waals surface area contributed by atoms with Crippen LogP contribution in [-0.4, -0.2) is 16.9 Å². The zero-order valence-corrected chi connectivity index (χ0v) is 9.64. The number of nitrogens with zero attached hydrogens (tertiary/aromatic N) is 2. The van der Waals surface area contributed by atoms with Crippen molar-refractivity contribution in [3.8, 4) is 5.75 Å². The van der Waals surface area contributed by atoms with Crippen molar-refractivity contribution in [2.24, 2.45) is 0 Å². The number of aromatic nitrogens is 2. The molecule has 0 aliphatic heterocycles. The van der Waals surface area contributed by atoms with Gasteiger partial charge in [0.25, 0.3) is 6.43 Å². The van der Waals surface area contributed by atoms with Gasteiger partial charge < -0.3 is 4.74 Å². The van der Waals surface area contributed by atoms with Crippen molar-refractivity contribution < 1.29 is 13.5 Å². The van der Waals surface area contributed by atoms with E-state index in [9.17, 15) is 8.78 Å². The highest BCUT2D eigenvalue weighted by molar-refractivity contribution is 5.34. The van der Waals surface area contributed by atoms with Gasteiger partial charge >= 0.3 is 0 Å². The van der Waals surface area contributed by atoms with E-state index in [1.807, 2.05) is 20.8 Å². The summed E-state index contributed by atoms with van der Waals surface area (Å²) >= 11 is 0. The molecule has 1 aromatic rings. The molecule has 0 aromatic carbocycles. The van der Waals surface area contributed by atoms with Crippen LogP contribution >= 0.6 is 0 Å². The molecule has 5 heteroatoms. The quantitative estimate of drug-likeness (QED) is 0.763. The molecule has 3 nitrogen and oxygen atoms in total. The summed E-state index contributed by atoms with van der Waals surface area (Å²) < 4.78 is 31.8. The average Bonchev–Trinajstić information content (AvgIpc) is 2.41. The Balaban J connectivity index is 3.34. The van der Waals surface area contributed by atoms with Crippen molar-refractivity contribution in [2.75, 3.05) is 7.11 Å². The molecule has 0 aliphatic rings. The van der Waals surface area contributed by atoms with Gasteiger partial charge in [0.1, 0.15) is 0 Å². The van der Waals surface area contributed by atoms with E-state index in [-0.39, 0.29) is 17.0 Å². The van der Waals surface area contributed by atoms with Gasteiger partial charge in [-0.05, 0) is 27.7 Å². The predicted molar refractivity (Wildman–Crippen MR) is 53.5 cm³/mol. The van der Waals surface area contributed by atoms with Gasteiger partial charge in [-0.1, -0.05) is 0 Å². The van der Waals surface area contributed by atoms with Gasteiger partial charge in [-0.25, -0.2) is 8.78 Å². The molecule has 1 aromatic heterocycles. The molecule has 1 rings (SSSR count). The van der Waals surface area contributed by atoms with E-state index in [0.29, 0.717) is 5.69 Å². The molecule has 0 saturated heterocycles. The summed E-state index contributed by atoms with van der Waals surface area (Å²) in [5.41, 5.74) is 0.00931. The van der Waals surface area contributed by atoms with Gasteiger partial charge in [-0.3, -0.25) is 4.68 Å². The summed E-state index contributed by atoms with van der Waals surface area (Å²) in [7, 11) is 1.38. The molecule has 0 spiro atoms. The number of hydrogen-bond acceptors (Lipinski definition) is 2. The lowest BCUT2D eigenvalue weighted by Crippen LogP contribution is -2.24. The van der Waals surface area contributed by atoms with Crippen molar-refractivity contribution in [1.82, 2.24) is 9.78 Å². The normalized spacial score (nSPS) is 12.3. The number of alkyl halides is 2. The molecule has 0 fully saturated rings. The minimum atomic E-state index is -2.61. The Morgan fingerprint density at radius 3 is 2.13 bits per heavy atom. The van der Waals surface area contributed by atoms with Crippen molar-refractivity contribution >= 4 is 0 Å². The van der Waals surface area contributed by atoms with Crippen LogP contribution < -0.4 is 4.74 Å². The Morgan fingerprint density at radius 1 is 1.33 bits per heavy atom. The Kier molecular flexibility index (Phi) is 3.02. The molecule has 0 aliphatic carbocycles. The highest BCUT2D eigenvalue weighted by Crippen LogP contribution is 2.33. The van der Waals surface area contributed by atoms with E-state index in [1.165, 1.54) is 7.11 Å². The summed E-state index contributed by atoms with van der Waals surface area (Å²) in [6.45, 7) is 7.44. The van der Waals surface area contributed by atoms with Gasteiger partial charge in [0.05, 0.1) is 18.3 Å². The Labute approximate surface area is 88.0 Å². The second-order valence-electron chi connectivity index (χ2n) is 4.39. The van der Waals surface area contributed by atoms with E-state index in [1.54, 1.807) is 11.6 Å². The molecule has 0 radical (unpaired) electrons. The van der Waals surface area contributed by atoms with Crippen LogP contribution in [0.25, 0.3) is 0 Å². The van der Waals surface area contributed by atoms with E-state index < -0.39 is 6.43 Å². The van der Waals surface area contributed by atoms with E-state index >= 15 is 0 Å². The topological polar surface area (TPSA) is 27.1 Å². The maximum absolute atomic E-state index is 12.6. The van der Waals surface area contributed by atoms with E-state index in [0.717, 1.165) is 0 Å². The third kappa shape index (κ3) is 2.11. The highest BCUT2D eigenvalue weighted by atomic mass is 19.3. The lowest BCUT2D eigenvalue weighted by molar-refractivity contribution is 0.140. The molecule has 0 amide bonds. The van der Waals surface area contributed by atoms with Crippen LogP contribution in [-0.2, 0) is 5.54 Å². The SMILES string of the molecule is COc1c(C(F)F)nn(C(C)(C)C)c1C. The first-order valence-electron chi connectivity index (χ1n) is 4.71. The van der Waals surface area contributed by atoms with Crippen LogP contribution in [0, 0.1) is 6.92 Å². The van der Waals surface area contributed by atoms with Gasteiger partial charge in [0.2, 0.25) is 0 Å². The van der Waals surface area contributed by atoms with Crippen LogP contribution in [0.15, 0.2) is 0 Å². The molecule has 0 atom stereocenters. The Hall–Kier alpha value is -1.13. The monoisotopic (exact) mass is 218 g/mol. The highest BCUT2D eigenvalue weighted by Gasteiger charge is 2.27. The Morgan fingerprint density at radius 2 is 1.87 bits per heavy atom. The first-order chi connectivity index (χ1) is 6.79. The van der Waals surface area contributed by atoms with E-state index in [4.69, 9.17) is 4.74 Å². The lowest BCUT2D eigenvalue weighted by atomic mass is 10.1. The number of ether oxygens (including phenoxy) is 1. The van der Waals surface area contributed by atoms with Crippen molar-refractivity contribution in [1.29, 1.82) is 0 Å². The first-order valence-corrected chi connectivity index (χ1v) is 4.71. The summed E-state index contributed by atoms with van der Waals surface area (Å²) in [5, 5.41) is 3.89. The lowest BCUT2D eigenvalue weighted by Gasteiger charge is -2.21. The zero-order chi connectivity index (χ0) is 11.8. The molecule has 86 valence electrons. The molecular weight excluding hydrogens is 202 g/mol. The fourth-order valence-electron chi connectivity index (χ4n) is 1.56. The summed E-state index contributed by atoms with van der Waals surface area (Å²) in [4.78, 5) is 0. The molecule has 1 heterocycles. The minimum Gasteiger partial charge on any atom is -0.493 e. The van der Waals surface area contributed by atoms with Gasteiger partial charge in [0, 0.05) is 0 Å². The first kappa shape index (κ1) is 11.9.